The van der Waals surface area contributed by atoms with Crippen molar-refractivity contribution < 1.29 is 9.47 Å². The average Bonchev–Trinajstić information content (AvgIpc) is 2.15. The molecule has 1 aromatic carbocycles. The molecule has 14 heavy (non-hydrogen) atoms. The third kappa shape index (κ3) is 1.99. The second-order valence-corrected chi connectivity index (χ2v) is 3.37. The molecule has 0 saturated heterocycles. The number of nitrogens with two attached hydrogens (primary N) is 1. The highest BCUT2D eigenvalue weighted by Gasteiger charge is 2.14. The molecule has 0 fully saturated rings. The van der Waals surface area contributed by atoms with Crippen LogP contribution in [0.15, 0.2) is 12.1 Å². The maximum absolute atomic E-state index is 5.86. The van der Waals surface area contributed by atoms with Crippen molar-refractivity contribution in [2.75, 3.05) is 14.2 Å². The summed E-state index contributed by atoms with van der Waals surface area (Å²) >= 11 is 0. The third-order valence-electron chi connectivity index (χ3n) is 2.14. The van der Waals surface area contributed by atoms with Crippen LogP contribution < -0.4 is 15.2 Å². The Morgan fingerprint density at radius 2 is 1.57 bits per heavy atom. The van der Waals surface area contributed by atoms with Crippen LogP contribution >= 0.6 is 0 Å². The van der Waals surface area contributed by atoms with E-state index in [1.165, 1.54) is 0 Å². The molecule has 3 nitrogen and oxygen atoms in total. The summed E-state index contributed by atoms with van der Waals surface area (Å²) in [4.78, 5) is 0. The van der Waals surface area contributed by atoms with Gasteiger partial charge in [0.2, 0.25) is 0 Å². The second-order valence-electron chi connectivity index (χ2n) is 3.37. The standard InChI is InChI=1S/C11H17NO2/c1-7-5-9(13-3)11(8(2)12)10(6-7)14-4/h5-6,8H,12H2,1-4H3/t8-/m1/s1. The van der Waals surface area contributed by atoms with Crippen molar-refractivity contribution in [2.45, 2.75) is 19.9 Å². The number of aryl methyl sites for hydroxylation is 1. The van der Waals surface area contributed by atoms with Gasteiger partial charge in [0.05, 0.1) is 19.8 Å². The minimum atomic E-state index is -0.0968. The van der Waals surface area contributed by atoms with Gasteiger partial charge in [0.15, 0.2) is 0 Å². The zero-order valence-electron chi connectivity index (χ0n) is 9.13. The lowest BCUT2D eigenvalue weighted by atomic mass is 10.0. The highest BCUT2D eigenvalue weighted by Crippen LogP contribution is 2.34. The summed E-state index contributed by atoms with van der Waals surface area (Å²) < 4.78 is 10.5. The van der Waals surface area contributed by atoms with Crippen LogP contribution in [0.3, 0.4) is 0 Å². The van der Waals surface area contributed by atoms with E-state index >= 15 is 0 Å². The molecule has 0 amide bonds. The summed E-state index contributed by atoms with van der Waals surface area (Å²) in [5.41, 5.74) is 7.87. The summed E-state index contributed by atoms with van der Waals surface area (Å²) in [6, 6.07) is 3.82. The van der Waals surface area contributed by atoms with E-state index in [4.69, 9.17) is 15.2 Å². The molecule has 0 spiro atoms. The monoisotopic (exact) mass is 195 g/mol. The maximum Gasteiger partial charge on any atom is 0.127 e. The fourth-order valence-electron chi connectivity index (χ4n) is 1.52. The quantitative estimate of drug-likeness (QED) is 0.802. The van der Waals surface area contributed by atoms with Crippen molar-refractivity contribution in [3.8, 4) is 11.5 Å². The molecule has 0 aliphatic rings. The normalized spacial score (nSPS) is 12.4. The smallest absolute Gasteiger partial charge is 0.127 e. The Kier molecular flexibility index (Phi) is 3.36. The number of rotatable bonds is 3. The second kappa shape index (κ2) is 4.33. The molecule has 0 unspecified atom stereocenters. The van der Waals surface area contributed by atoms with Crippen LogP contribution in [0.4, 0.5) is 0 Å². The fourth-order valence-corrected chi connectivity index (χ4v) is 1.52. The molecule has 1 rings (SSSR count). The van der Waals surface area contributed by atoms with Crippen LogP contribution in [-0.2, 0) is 0 Å². The Morgan fingerprint density at radius 1 is 1.14 bits per heavy atom. The van der Waals surface area contributed by atoms with Gasteiger partial charge in [0, 0.05) is 6.04 Å². The molecule has 1 atom stereocenters. The molecule has 0 aliphatic heterocycles. The summed E-state index contributed by atoms with van der Waals surface area (Å²) in [5, 5.41) is 0. The van der Waals surface area contributed by atoms with Crippen LogP contribution in [0.25, 0.3) is 0 Å². The maximum atomic E-state index is 5.86. The van der Waals surface area contributed by atoms with E-state index in [1.54, 1.807) is 14.2 Å². The first kappa shape index (κ1) is 10.9. The van der Waals surface area contributed by atoms with Gasteiger partial charge in [0.1, 0.15) is 11.5 Å². The topological polar surface area (TPSA) is 44.5 Å². The molecule has 0 radical (unpaired) electrons. The number of hydrogen-bond donors (Lipinski definition) is 1. The van der Waals surface area contributed by atoms with E-state index in [0.717, 1.165) is 22.6 Å². The van der Waals surface area contributed by atoms with Gasteiger partial charge < -0.3 is 15.2 Å². The number of benzene rings is 1. The lowest BCUT2D eigenvalue weighted by Gasteiger charge is -2.16. The van der Waals surface area contributed by atoms with Crippen molar-refractivity contribution in [3.05, 3.63) is 23.3 Å². The van der Waals surface area contributed by atoms with Gasteiger partial charge in [-0.3, -0.25) is 0 Å². The number of methoxy groups -OCH3 is 2. The lowest BCUT2D eigenvalue weighted by molar-refractivity contribution is 0.380. The highest BCUT2D eigenvalue weighted by atomic mass is 16.5. The predicted octanol–water partition coefficient (Wildman–Crippen LogP) is 2.03. The first-order chi connectivity index (χ1) is 6.60. The Balaban J connectivity index is 3.33. The molecule has 2 N–H and O–H groups in total. The van der Waals surface area contributed by atoms with Crippen molar-refractivity contribution in [3.63, 3.8) is 0 Å². The summed E-state index contributed by atoms with van der Waals surface area (Å²) in [5.74, 6) is 1.58. The molecule has 0 aliphatic carbocycles. The highest BCUT2D eigenvalue weighted by molar-refractivity contribution is 5.49. The van der Waals surface area contributed by atoms with E-state index in [2.05, 4.69) is 0 Å². The van der Waals surface area contributed by atoms with E-state index in [1.807, 2.05) is 26.0 Å². The zero-order valence-corrected chi connectivity index (χ0v) is 9.13. The summed E-state index contributed by atoms with van der Waals surface area (Å²) in [6.07, 6.45) is 0. The van der Waals surface area contributed by atoms with Crippen LogP contribution in [0, 0.1) is 6.92 Å². The first-order valence-corrected chi connectivity index (χ1v) is 4.58. The molecule has 3 heteroatoms. The van der Waals surface area contributed by atoms with Crippen LogP contribution in [0.1, 0.15) is 24.1 Å². The van der Waals surface area contributed by atoms with E-state index in [9.17, 15) is 0 Å². The summed E-state index contributed by atoms with van der Waals surface area (Å²) in [6.45, 7) is 3.91. The molecule has 78 valence electrons. The summed E-state index contributed by atoms with van der Waals surface area (Å²) in [7, 11) is 3.28. The molecule has 0 aromatic heterocycles. The Labute approximate surface area is 84.8 Å². The fraction of sp³-hybridized carbons (Fsp3) is 0.455. The minimum absolute atomic E-state index is 0.0968. The number of hydrogen-bond acceptors (Lipinski definition) is 3. The van der Waals surface area contributed by atoms with E-state index in [-0.39, 0.29) is 6.04 Å². The molecular formula is C11H17NO2. The minimum Gasteiger partial charge on any atom is -0.496 e. The van der Waals surface area contributed by atoms with Gasteiger partial charge in [-0.15, -0.1) is 0 Å². The number of ether oxygens (including phenoxy) is 2. The van der Waals surface area contributed by atoms with Gasteiger partial charge in [-0.1, -0.05) is 0 Å². The Morgan fingerprint density at radius 3 is 1.86 bits per heavy atom. The van der Waals surface area contributed by atoms with Gasteiger partial charge >= 0.3 is 0 Å². The van der Waals surface area contributed by atoms with Crippen LogP contribution in [-0.4, -0.2) is 14.2 Å². The van der Waals surface area contributed by atoms with Gasteiger partial charge in [-0.05, 0) is 31.5 Å². The van der Waals surface area contributed by atoms with E-state index in [0.29, 0.717) is 0 Å². The Bertz CT molecular complexity index is 296. The van der Waals surface area contributed by atoms with Crippen LogP contribution in [0.5, 0.6) is 11.5 Å². The van der Waals surface area contributed by atoms with Crippen molar-refractivity contribution >= 4 is 0 Å². The largest absolute Gasteiger partial charge is 0.496 e. The van der Waals surface area contributed by atoms with E-state index < -0.39 is 0 Å². The lowest BCUT2D eigenvalue weighted by Crippen LogP contribution is -2.09. The molecule has 1 aromatic rings. The molecular weight excluding hydrogens is 178 g/mol. The first-order valence-electron chi connectivity index (χ1n) is 4.58. The van der Waals surface area contributed by atoms with Gasteiger partial charge in [-0.25, -0.2) is 0 Å². The van der Waals surface area contributed by atoms with Crippen molar-refractivity contribution in [1.29, 1.82) is 0 Å². The molecule has 0 heterocycles. The van der Waals surface area contributed by atoms with Crippen molar-refractivity contribution in [2.24, 2.45) is 5.73 Å². The molecule has 0 bridgehead atoms. The SMILES string of the molecule is COc1cc(C)cc(OC)c1[C@@H](C)N. The third-order valence-corrected chi connectivity index (χ3v) is 2.14. The molecule has 0 saturated carbocycles. The van der Waals surface area contributed by atoms with Gasteiger partial charge in [0.25, 0.3) is 0 Å². The van der Waals surface area contributed by atoms with Crippen molar-refractivity contribution in [1.82, 2.24) is 0 Å². The predicted molar refractivity (Wildman–Crippen MR) is 56.9 cm³/mol. The average molecular weight is 195 g/mol. The zero-order chi connectivity index (χ0) is 10.7. The van der Waals surface area contributed by atoms with Gasteiger partial charge in [-0.2, -0.15) is 0 Å². The van der Waals surface area contributed by atoms with Crippen LogP contribution in [0.2, 0.25) is 0 Å². The Hall–Kier alpha value is -1.22.